The van der Waals surface area contributed by atoms with E-state index in [2.05, 4.69) is 176 Å². The van der Waals surface area contributed by atoms with Gasteiger partial charge in [0.1, 0.15) is 0 Å². The van der Waals surface area contributed by atoms with Crippen molar-refractivity contribution in [2.24, 2.45) is 0 Å². The van der Waals surface area contributed by atoms with Gasteiger partial charge in [0.2, 0.25) is 0 Å². The van der Waals surface area contributed by atoms with Crippen LogP contribution in [0.3, 0.4) is 0 Å². The summed E-state index contributed by atoms with van der Waals surface area (Å²) in [6.45, 7) is 0. The van der Waals surface area contributed by atoms with Gasteiger partial charge in [0.15, 0.2) is 5.82 Å². The molecule has 2 aliphatic rings. The highest BCUT2D eigenvalue weighted by atomic mass is 32.2. The average molecular weight is 782 g/mol. The molecule has 4 heteroatoms. The molecule has 0 fully saturated rings. The van der Waals surface area contributed by atoms with Crippen LogP contribution in [0.15, 0.2) is 222 Å². The van der Waals surface area contributed by atoms with Gasteiger partial charge in [-0.15, -0.1) is 0 Å². The first-order chi connectivity index (χ1) is 29.7. The summed E-state index contributed by atoms with van der Waals surface area (Å²) >= 11 is 1.87. The fraction of sp³-hybridized carbons (Fsp3) is 0.0179. The molecule has 60 heavy (non-hydrogen) atoms. The molecule has 1 aliphatic carbocycles. The zero-order valence-electron chi connectivity index (χ0n) is 32.5. The van der Waals surface area contributed by atoms with Crippen molar-refractivity contribution in [3.8, 4) is 67.3 Å². The van der Waals surface area contributed by atoms with Crippen molar-refractivity contribution in [1.82, 2.24) is 15.0 Å². The molecule has 3 nitrogen and oxygen atoms in total. The number of hydrogen-bond acceptors (Lipinski definition) is 4. The van der Waals surface area contributed by atoms with Crippen LogP contribution in [0.5, 0.6) is 0 Å². The van der Waals surface area contributed by atoms with Crippen molar-refractivity contribution >= 4 is 22.7 Å². The number of hydrogen-bond donors (Lipinski definition) is 0. The predicted molar refractivity (Wildman–Crippen MR) is 246 cm³/mol. The monoisotopic (exact) mass is 781 g/mol. The fourth-order valence-corrected chi connectivity index (χ4v) is 10.7. The molecule has 0 atom stereocenters. The van der Waals surface area contributed by atoms with E-state index in [9.17, 15) is 0 Å². The van der Waals surface area contributed by atoms with E-state index in [1.807, 2.05) is 48.3 Å². The summed E-state index contributed by atoms with van der Waals surface area (Å²) in [6, 6.07) is 74.4. The second kappa shape index (κ2) is 13.9. The van der Waals surface area contributed by atoms with Crippen LogP contribution in [0.1, 0.15) is 22.3 Å². The molecule has 0 saturated carbocycles. The Balaban J connectivity index is 1.05. The summed E-state index contributed by atoms with van der Waals surface area (Å²) in [5, 5.41) is 1.14. The first kappa shape index (κ1) is 34.6. The normalized spacial score (nSPS) is 13.1. The smallest absolute Gasteiger partial charge is 0.160 e. The van der Waals surface area contributed by atoms with Crippen molar-refractivity contribution in [2.45, 2.75) is 15.2 Å². The van der Waals surface area contributed by atoms with Gasteiger partial charge in [-0.2, -0.15) is 0 Å². The quantitative estimate of drug-likeness (QED) is 0.174. The lowest BCUT2D eigenvalue weighted by atomic mass is 9.66. The first-order valence-corrected chi connectivity index (χ1v) is 21.2. The third-order valence-corrected chi connectivity index (χ3v) is 13.4. The number of fused-ring (bicyclic) bond motifs is 10. The molecule has 0 unspecified atom stereocenters. The zero-order valence-corrected chi connectivity index (χ0v) is 33.3. The molecule has 0 radical (unpaired) electrons. The third-order valence-electron chi connectivity index (χ3n) is 12.2. The summed E-state index contributed by atoms with van der Waals surface area (Å²) in [7, 11) is 0. The summed E-state index contributed by atoms with van der Waals surface area (Å²) < 4.78 is 0. The van der Waals surface area contributed by atoms with Crippen molar-refractivity contribution in [1.29, 1.82) is 0 Å². The Bertz CT molecular complexity index is 3190. The van der Waals surface area contributed by atoms with E-state index in [1.54, 1.807) is 0 Å². The van der Waals surface area contributed by atoms with Crippen molar-refractivity contribution < 1.29 is 0 Å². The largest absolute Gasteiger partial charge is 0.256 e. The minimum Gasteiger partial charge on any atom is -0.256 e. The minimum absolute atomic E-state index is 0.535. The molecular weight excluding hydrogens is 747 g/mol. The first-order valence-electron chi connectivity index (χ1n) is 20.3. The number of rotatable bonds is 5. The highest BCUT2D eigenvalue weighted by Crippen LogP contribution is 2.63. The van der Waals surface area contributed by atoms with E-state index < -0.39 is 5.41 Å². The summed E-state index contributed by atoms with van der Waals surface area (Å²) in [4.78, 5) is 17.6. The number of pyridine rings is 1. The van der Waals surface area contributed by atoms with Gasteiger partial charge >= 0.3 is 0 Å². The van der Waals surface area contributed by atoms with Crippen LogP contribution >= 0.6 is 11.8 Å². The maximum atomic E-state index is 5.17. The molecule has 1 aliphatic heterocycles. The molecule has 0 amide bonds. The fourth-order valence-electron chi connectivity index (χ4n) is 9.51. The van der Waals surface area contributed by atoms with Gasteiger partial charge in [0, 0.05) is 43.6 Å². The molecule has 0 bridgehead atoms. The number of nitrogens with zero attached hydrogens (tertiary/aromatic N) is 3. The minimum atomic E-state index is -0.535. The molecule has 0 N–H and O–H groups in total. The maximum Gasteiger partial charge on any atom is 0.160 e. The van der Waals surface area contributed by atoms with Crippen LogP contribution in [-0.4, -0.2) is 15.0 Å². The Morgan fingerprint density at radius 2 is 0.883 bits per heavy atom. The molecule has 8 aromatic carbocycles. The second-order valence-electron chi connectivity index (χ2n) is 15.5. The lowest BCUT2D eigenvalue weighted by molar-refractivity contribution is 0.723. The molecular formula is C56H35N3S. The van der Waals surface area contributed by atoms with Crippen LogP contribution < -0.4 is 0 Å². The number of para-hydroxylation sites is 1. The molecule has 10 aromatic rings. The lowest BCUT2D eigenvalue weighted by Crippen LogP contribution is -2.32. The standard InChI is InChI=1S/C56H35N3S/c1-3-14-36(15-4-1)50-35-51(59-55(58-50)38-16-5-2-6-17-38)42-20-11-19-39(32-42)40-27-29-52-48(33-40)56(46-25-9-7-22-44(46)45-23-8-10-26-47(45)56)49-34-41(28-30-53(49)60-52)43-24-12-18-37-21-13-31-57-54(37)43/h1-35H. The Labute approximate surface area is 353 Å². The van der Waals surface area contributed by atoms with E-state index in [1.165, 1.54) is 48.7 Å². The van der Waals surface area contributed by atoms with Gasteiger partial charge in [-0.25, -0.2) is 9.97 Å². The molecule has 12 rings (SSSR count). The van der Waals surface area contributed by atoms with Crippen molar-refractivity contribution in [3.63, 3.8) is 0 Å². The van der Waals surface area contributed by atoms with Gasteiger partial charge in [-0.05, 0) is 92.5 Å². The van der Waals surface area contributed by atoms with E-state index in [-0.39, 0.29) is 0 Å². The highest BCUT2D eigenvalue weighted by Gasteiger charge is 2.50. The highest BCUT2D eigenvalue weighted by molar-refractivity contribution is 7.99. The van der Waals surface area contributed by atoms with Gasteiger partial charge in [0.25, 0.3) is 0 Å². The van der Waals surface area contributed by atoms with Crippen LogP contribution in [0, 0.1) is 0 Å². The number of aromatic nitrogens is 3. The predicted octanol–water partition coefficient (Wildman–Crippen LogP) is 14.2. The van der Waals surface area contributed by atoms with Gasteiger partial charge < -0.3 is 0 Å². The van der Waals surface area contributed by atoms with Gasteiger partial charge in [-0.3, -0.25) is 4.98 Å². The Kier molecular flexibility index (Phi) is 8.00. The molecule has 280 valence electrons. The Hall–Kier alpha value is -7.40. The summed E-state index contributed by atoms with van der Waals surface area (Å²) in [5.41, 5.74) is 17.8. The van der Waals surface area contributed by atoms with Crippen LogP contribution in [0.25, 0.3) is 78.2 Å². The van der Waals surface area contributed by atoms with Gasteiger partial charge in [0.05, 0.1) is 22.3 Å². The topological polar surface area (TPSA) is 38.7 Å². The number of benzene rings is 8. The molecule has 2 aromatic heterocycles. The van der Waals surface area contributed by atoms with E-state index in [4.69, 9.17) is 15.0 Å². The zero-order chi connectivity index (χ0) is 39.6. The lowest BCUT2D eigenvalue weighted by Gasteiger charge is -2.40. The van der Waals surface area contributed by atoms with Crippen LogP contribution in [0.4, 0.5) is 0 Å². The Morgan fingerprint density at radius 1 is 0.350 bits per heavy atom. The Morgan fingerprint density at radius 3 is 1.62 bits per heavy atom. The van der Waals surface area contributed by atoms with Crippen LogP contribution in [0.2, 0.25) is 0 Å². The van der Waals surface area contributed by atoms with Crippen molar-refractivity contribution in [2.75, 3.05) is 0 Å². The van der Waals surface area contributed by atoms with E-state index in [0.29, 0.717) is 5.82 Å². The maximum absolute atomic E-state index is 5.17. The van der Waals surface area contributed by atoms with E-state index >= 15 is 0 Å². The molecule has 3 heterocycles. The summed E-state index contributed by atoms with van der Waals surface area (Å²) in [6.07, 6.45) is 1.90. The van der Waals surface area contributed by atoms with E-state index in [0.717, 1.165) is 55.7 Å². The average Bonchev–Trinajstić information content (AvgIpc) is 3.62. The van der Waals surface area contributed by atoms with Crippen LogP contribution in [-0.2, 0) is 5.41 Å². The SMILES string of the molecule is c1ccc(-c2cc(-c3cccc(-c4ccc5c(c4)C4(c6cc(-c7cccc8cccnc78)ccc6S5)c5ccccc5-c5ccccc54)c3)nc(-c3ccccc3)n2)cc1. The molecule has 1 spiro atoms. The van der Waals surface area contributed by atoms with Crippen molar-refractivity contribution in [3.05, 3.63) is 235 Å². The third kappa shape index (κ3) is 5.42. The molecule has 0 saturated heterocycles. The second-order valence-corrected chi connectivity index (χ2v) is 16.6. The van der Waals surface area contributed by atoms with Gasteiger partial charge in [-0.1, -0.05) is 176 Å². The summed E-state index contributed by atoms with van der Waals surface area (Å²) in [5.74, 6) is 0.709.